The number of rotatable bonds is 8. The Hall–Kier alpha value is -2.33. The predicted molar refractivity (Wildman–Crippen MR) is 112 cm³/mol. The maximum atomic E-state index is 13.7. The lowest BCUT2D eigenvalue weighted by Crippen LogP contribution is -2.56. The summed E-state index contributed by atoms with van der Waals surface area (Å²) in [4.78, 5) is 11.2. The maximum absolute atomic E-state index is 13.7. The summed E-state index contributed by atoms with van der Waals surface area (Å²) in [5, 5.41) is 11.6. The average Bonchev–Trinajstić information content (AvgIpc) is 3.50. The molecule has 1 saturated heterocycles. The highest BCUT2D eigenvalue weighted by Crippen LogP contribution is 2.59. The molecular weight excluding hydrogens is 422 g/mol. The zero-order valence-electron chi connectivity index (χ0n) is 17.3. The molecule has 0 radical (unpaired) electrons. The van der Waals surface area contributed by atoms with E-state index in [1.165, 1.54) is 7.11 Å². The first-order valence-electron chi connectivity index (χ1n) is 10.1. The summed E-state index contributed by atoms with van der Waals surface area (Å²) in [5.41, 5.74) is 1.79. The normalized spacial score (nSPS) is 29.9. The van der Waals surface area contributed by atoms with Crippen LogP contribution in [0.15, 0.2) is 59.5 Å². The van der Waals surface area contributed by atoms with Crippen molar-refractivity contribution in [2.24, 2.45) is 5.92 Å². The van der Waals surface area contributed by atoms with Gasteiger partial charge in [-0.2, -0.15) is 0 Å². The van der Waals surface area contributed by atoms with Gasteiger partial charge in [0.25, 0.3) is 0 Å². The van der Waals surface area contributed by atoms with Gasteiger partial charge >= 0.3 is 0 Å². The Labute approximate surface area is 181 Å². The summed E-state index contributed by atoms with van der Waals surface area (Å²) in [5.74, 6) is -0.916. The van der Waals surface area contributed by atoms with Crippen LogP contribution in [-0.2, 0) is 30.7 Å². The summed E-state index contributed by atoms with van der Waals surface area (Å²) >= 11 is 0. The minimum absolute atomic E-state index is 0.134. The number of nitrogens with zero attached hydrogens (tertiary/aromatic N) is 1. The molecule has 9 heteroatoms. The van der Waals surface area contributed by atoms with Crippen LogP contribution in [0, 0.1) is 23.0 Å². The lowest BCUT2D eigenvalue weighted by molar-refractivity contribution is -0.494. The second kappa shape index (κ2) is 8.31. The highest BCUT2D eigenvalue weighted by molar-refractivity contribution is 7.93. The molecule has 2 aromatic carbocycles. The summed E-state index contributed by atoms with van der Waals surface area (Å²) in [6.45, 7) is 1.48. The summed E-state index contributed by atoms with van der Waals surface area (Å²) in [6.07, 6.45) is -2.30. The number of aryl methyl sites for hydroxylation is 1. The van der Waals surface area contributed by atoms with Gasteiger partial charge in [-0.05, 0) is 31.0 Å². The standard InChI is InChI=1S/C22H25NO7S/c1-15-8-10-17(11-9-15)31(26,27)22-12-19(22)30-21(28-2)20(18(22)13-23(24)25)29-14-16-6-4-3-5-7-16/h3-11,18-21H,12-14H2,1-2H3/t18-,19+,20-,21+,22+/m1/s1. The molecule has 1 aliphatic heterocycles. The number of ether oxygens (including phenoxy) is 3. The van der Waals surface area contributed by atoms with E-state index in [0.29, 0.717) is 0 Å². The highest BCUT2D eigenvalue weighted by Gasteiger charge is 2.76. The van der Waals surface area contributed by atoms with Gasteiger partial charge in [0, 0.05) is 12.0 Å². The molecule has 1 saturated carbocycles. The second-order valence-electron chi connectivity index (χ2n) is 8.09. The Morgan fingerprint density at radius 3 is 2.45 bits per heavy atom. The molecule has 2 aromatic rings. The van der Waals surface area contributed by atoms with Crippen molar-refractivity contribution in [1.82, 2.24) is 0 Å². The SMILES string of the molecule is CO[C@H]1O[C@H]2C[C@]2(S(=O)(=O)c2ccc(C)cc2)[C@H](C[N+](=O)[O-])[C@H]1OCc1ccccc1. The lowest BCUT2D eigenvalue weighted by atomic mass is 9.93. The molecule has 0 aromatic heterocycles. The molecule has 8 nitrogen and oxygen atoms in total. The second-order valence-corrected chi connectivity index (χ2v) is 10.3. The van der Waals surface area contributed by atoms with Crippen molar-refractivity contribution < 1.29 is 27.6 Å². The topological polar surface area (TPSA) is 105 Å². The van der Waals surface area contributed by atoms with Crippen molar-refractivity contribution >= 4 is 9.84 Å². The van der Waals surface area contributed by atoms with Gasteiger partial charge in [0.2, 0.25) is 6.54 Å². The smallest absolute Gasteiger partial charge is 0.211 e. The van der Waals surface area contributed by atoms with Crippen molar-refractivity contribution in [3.63, 3.8) is 0 Å². The van der Waals surface area contributed by atoms with Crippen LogP contribution in [0.25, 0.3) is 0 Å². The third-order valence-electron chi connectivity index (χ3n) is 6.18. The third-order valence-corrected chi connectivity index (χ3v) is 8.80. The number of hydrogen-bond donors (Lipinski definition) is 0. The fraction of sp³-hybridized carbons (Fsp3) is 0.455. The van der Waals surface area contributed by atoms with Crippen LogP contribution in [0.5, 0.6) is 0 Å². The van der Waals surface area contributed by atoms with Gasteiger partial charge in [0.15, 0.2) is 16.1 Å². The molecule has 5 atom stereocenters. The molecule has 31 heavy (non-hydrogen) atoms. The fourth-order valence-corrected chi connectivity index (χ4v) is 6.79. The number of methoxy groups -OCH3 is 1. The summed E-state index contributed by atoms with van der Waals surface area (Å²) < 4.78 is 43.3. The van der Waals surface area contributed by atoms with Crippen LogP contribution >= 0.6 is 0 Å². The van der Waals surface area contributed by atoms with Gasteiger partial charge in [0.05, 0.1) is 23.5 Å². The summed E-state index contributed by atoms with van der Waals surface area (Å²) in [6, 6.07) is 15.8. The van der Waals surface area contributed by atoms with E-state index in [0.717, 1.165) is 11.1 Å². The van der Waals surface area contributed by atoms with Crippen LogP contribution in [0.2, 0.25) is 0 Å². The number of sulfone groups is 1. The minimum atomic E-state index is -3.91. The molecule has 2 fully saturated rings. The van der Waals surface area contributed by atoms with Gasteiger partial charge in [-0.3, -0.25) is 10.1 Å². The number of benzene rings is 2. The van der Waals surface area contributed by atoms with E-state index >= 15 is 0 Å². The lowest BCUT2D eigenvalue weighted by Gasteiger charge is -2.39. The number of fused-ring (bicyclic) bond motifs is 1. The minimum Gasteiger partial charge on any atom is -0.368 e. The van der Waals surface area contributed by atoms with E-state index < -0.39 is 50.5 Å². The van der Waals surface area contributed by atoms with Crippen LogP contribution in [0.4, 0.5) is 0 Å². The largest absolute Gasteiger partial charge is 0.368 e. The summed E-state index contributed by atoms with van der Waals surface area (Å²) in [7, 11) is -2.48. The van der Waals surface area contributed by atoms with Crippen LogP contribution < -0.4 is 0 Å². The van der Waals surface area contributed by atoms with Gasteiger partial charge in [-0.1, -0.05) is 48.0 Å². The molecule has 0 spiro atoms. The molecule has 1 aliphatic carbocycles. The Morgan fingerprint density at radius 1 is 1.16 bits per heavy atom. The average molecular weight is 448 g/mol. The molecule has 166 valence electrons. The predicted octanol–water partition coefficient (Wildman–Crippen LogP) is 2.76. The quantitative estimate of drug-likeness (QED) is 0.453. The van der Waals surface area contributed by atoms with Gasteiger partial charge < -0.3 is 14.2 Å². The molecule has 0 amide bonds. The first-order chi connectivity index (χ1) is 14.8. The highest BCUT2D eigenvalue weighted by atomic mass is 32.2. The molecule has 0 N–H and O–H groups in total. The molecule has 4 rings (SSSR count). The Kier molecular flexibility index (Phi) is 5.87. The van der Waals surface area contributed by atoms with E-state index in [2.05, 4.69) is 0 Å². The van der Waals surface area contributed by atoms with E-state index in [4.69, 9.17) is 14.2 Å². The van der Waals surface area contributed by atoms with Gasteiger partial charge in [-0.25, -0.2) is 8.42 Å². The molecule has 1 heterocycles. The van der Waals surface area contributed by atoms with Crippen LogP contribution in [0.1, 0.15) is 17.5 Å². The van der Waals surface area contributed by atoms with Crippen LogP contribution in [-0.4, -0.2) is 50.2 Å². The Balaban J connectivity index is 1.70. The Morgan fingerprint density at radius 2 is 1.84 bits per heavy atom. The van der Waals surface area contributed by atoms with E-state index in [9.17, 15) is 18.5 Å². The third kappa shape index (κ3) is 3.87. The number of hydrogen-bond acceptors (Lipinski definition) is 7. The van der Waals surface area contributed by atoms with Crippen LogP contribution in [0.3, 0.4) is 0 Å². The van der Waals surface area contributed by atoms with E-state index in [1.54, 1.807) is 24.3 Å². The van der Waals surface area contributed by atoms with Crippen molar-refractivity contribution in [2.45, 2.75) is 48.1 Å². The van der Waals surface area contributed by atoms with E-state index in [1.807, 2.05) is 37.3 Å². The molecule has 0 unspecified atom stereocenters. The first kappa shape index (κ1) is 21.9. The van der Waals surface area contributed by atoms with E-state index in [-0.39, 0.29) is 17.9 Å². The maximum Gasteiger partial charge on any atom is 0.211 e. The molecule has 2 aliphatic rings. The van der Waals surface area contributed by atoms with Gasteiger partial charge in [0.1, 0.15) is 10.9 Å². The van der Waals surface area contributed by atoms with Crippen molar-refractivity contribution in [2.75, 3.05) is 13.7 Å². The fourth-order valence-electron chi connectivity index (χ4n) is 4.48. The van der Waals surface area contributed by atoms with Crippen molar-refractivity contribution in [1.29, 1.82) is 0 Å². The monoisotopic (exact) mass is 447 g/mol. The molecule has 0 bridgehead atoms. The number of nitro groups is 1. The zero-order chi connectivity index (χ0) is 22.2. The van der Waals surface area contributed by atoms with Gasteiger partial charge in [-0.15, -0.1) is 0 Å². The van der Waals surface area contributed by atoms with Crippen molar-refractivity contribution in [3.05, 3.63) is 75.8 Å². The van der Waals surface area contributed by atoms with Crippen molar-refractivity contribution in [3.8, 4) is 0 Å². The Bertz CT molecular complexity index is 1040. The first-order valence-corrected chi connectivity index (χ1v) is 11.5. The molecular formula is C22H25NO7S. The zero-order valence-corrected chi connectivity index (χ0v) is 18.2.